The molecule has 0 radical (unpaired) electrons. The van der Waals surface area contributed by atoms with Gasteiger partial charge in [0, 0.05) is 57.6 Å². The molecule has 0 spiro atoms. The summed E-state index contributed by atoms with van der Waals surface area (Å²) < 4.78 is 0. The van der Waals surface area contributed by atoms with Crippen molar-refractivity contribution < 1.29 is 4.79 Å². The van der Waals surface area contributed by atoms with Crippen molar-refractivity contribution in [2.75, 3.05) is 32.7 Å². The summed E-state index contributed by atoms with van der Waals surface area (Å²) >= 11 is 0. The van der Waals surface area contributed by atoms with E-state index in [0.717, 1.165) is 39.1 Å². The normalized spacial score (nSPS) is 23.7. The van der Waals surface area contributed by atoms with E-state index in [4.69, 9.17) is 0 Å². The van der Waals surface area contributed by atoms with Gasteiger partial charge in [-0.05, 0) is 17.5 Å². The van der Waals surface area contributed by atoms with Crippen molar-refractivity contribution in [2.24, 2.45) is 0 Å². The van der Waals surface area contributed by atoms with Crippen LogP contribution in [0, 0.1) is 0 Å². The Kier molecular flexibility index (Phi) is 5.55. The molecule has 2 saturated heterocycles. The van der Waals surface area contributed by atoms with E-state index >= 15 is 0 Å². The zero-order valence-corrected chi connectivity index (χ0v) is 16.1. The van der Waals surface area contributed by atoms with Crippen LogP contribution in [-0.2, 0) is 4.79 Å². The molecular weight excluding hydrogens is 334 g/mol. The summed E-state index contributed by atoms with van der Waals surface area (Å²) in [6, 6.07) is 22.5. The Morgan fingerprint density at radius 1 is 0.963 bits per heavy atom. The highest BCUT2D eigenvalue weighted by Gasteiger charge is 2.38. The van der Waals surface area contributed by atoms with Crippen LogP contribution in [0.5, 0.6) is 0 Å². The van der Waals surface area contributed by atoms with Crippen LogP contribution in [0.15, 0.2) is 60.7 Å². The molecule has 142 valence electrons. The molecule has 2 aromatic carbocycles. The number of hydrogen-bond donors (Lipinski definition) is 1. The van der Waals surface area contributed by atoms with Crippen molar-refractivity contribution in [3.63, 3.8) is 0 Å². The van der Waals surface area contributed by atoms with Crippen LogP contribution < -0.4 is 5.32 Å². The highest BCUT2D eigenvalue weighted by atomic mass is 16.2. The largest absolute Gasteiger partial charge is 0.341 e. The van der Waals surface area contributed by atoms with E-state index in [0.29, 0.717) is 18.0 Å². The predicted octanol–water partition coefficient (Wildman–Crippen LogP) is 2.71. The maximum Gasteiger partial charge on any atom is 0.219 e. The van der Waals surface area contributed by atoms with Gasteiger partial charge in [-0.25, -0.2) is 0 Å². The fourth-order valence-electron chi connectivity index (χ4n) is 4.76. The first-order valence-corrected chi connectivity index (χ1v) is 10.1. The minimum Gasteiger partial charge on any atom is -0.341 e. The van der Waals surface area contributed by atoms with E-state index in [1.165, 1.54) is 11.1 Å². The molecular formula is C23H29N3O. The number of fused-ring (bicyclic) bond motifs is 1. The first-order chi connectivity index (χ1) is 13.2. The van der Waals surface area contributed by atoms with Crippen molar-refractivity contribution in [3.8, 4) is 0 Å². The van der Waals surface area contributed by atoms with Crippen LogP contribution in [0.1, 0.15) is 30.4 Å². The standard InChI is InChI=1S/C23H29N3O/c1-18(27)25-13-8-14-26-21(17-25)15-24-16-22(26)23(19-9-4-2-5-10-19)20-11-6-3-7-12-20/h2-7,9-12,21-24H,8,13-17H2,1H3/t21-,22?/m1/s1. The van der Waals surface area contributed by atoms with Gasteiger partial charge in [0.2, 0.25) is 5.91 Å². The molecule has 0 bridgehead atoms. The highest BCUT2D eigenvalue weighted by Crippen LogP contribution is 2.33. The summed E-state index contributed by atoms with van der Waals surface area (Å²) in [5.74, 6) is 0.522. The lowest BCUT2D eigenvalue weighted by molar-refractivity contribution is -0.129. The number of carbonyl (C=O) groups excluding carboxylic acids is 1. The van der Waals surface area contributed by atoms with Gasteiger partial charge in [0.05, 0.1) is 0 Å². The number of nitrogens with zero attached hydrogens (tertiary/aromatic N) is 2. The van der Waals surface area contributed by atoms with Gasteiger partial charge in [-0.2, -0.15) is 0 Å². The van der Waals surface area contributed by atoms with Crippen LogP contribution in [0.25, 0.3) is 0 Å². The van der Waals surface area contributed by atoms with Crippen molar-refractivity contribution >= 4 is 5.91 Å². The van der Waals surface area contributed by atoms with Crippen LogP contribution in [0.3, 0.4) is 0 Å². The number of amides is 1. The van der Waals surface area contributed by atoms with Crippen molar-refractivity contribution in [3.05, 3.63) is 71.8 Å². The van der Waals surface area contributed by atoms with E-state index in [1.807, 2.05) is 4.90 Å². The molecule has 0 aromatic heterocycles. The number of carbonyl (C=O) groups is 1. The minimum atomic E-state index is 0.196. The number of benzene rings is 2. The molecule has 1 unspecified atom stereocenters. The Balaban J connectivity index is 1.68. The Morgan fingerprint density at radius 3 is 2.19 bits per heavy atom. The van der Waals surface area contributed by atoms with Gasteiger partial charge in [0.25, 0.3) is 0 Å². The molecule has 4 heteroatoms. The molecule has 4 rings (SSSR count). The molecule has 2 heterocycles. The zero-order chi connectivity index (χ0) is 18.6. The molecule has 27 heavy (non-hydrogen) atoms. The van der Waals surface area contributed by atoms with E-state index < -0.39 is 0 Å². The van der Waals surface area contributed by atoms with Crippen LogP contribution >= 0.6 is 0 Å². The summed E-state index contributed by atoms with van der Waals surface area (Å²) in [5, 5.41) is 3.66. The topological polar surface area (TPSA) is 35.6 Å². The molecule has 1 N–H and O–H groups in total. The van der Waals surface area contributed by atoms with Crippen LogP contribution in [0.4, 0.5) is 0 Å². The molecule has 4 nitrogen and oxygen atoms in total. The average molecular weight is 364 g/mol. The summed E-state index contributed by atoms with van der Waals surface area (Å²) in [6.07, 6.45) is 1.04. The fraction of sp³-hybridized carbons (Fsp3) is 0.435. The summed E-state index contributed by atoms with van der Waals surface area (Å²) in [4.78, 5) is 16.7. The average Bonchev–Trinajstić information content (AvgIpc) is 2.93. The fourth-order valence-corrected chi connectivity index (χ4v) is 4.76. The molecule has 0 aliphatic carbocycles. The minimum absolute atomic E-state index is 0.196. The van der Waals surface area contributed by atoms with E-state index in [2.05, 4.69) is 70.9 Å². The van der Waals surface area contributed by atoms with Gasteiger partial charge >= 0.3 is 0 Å². The van der Waals surface area contributed by atoms with Gasteiger partial charge in [-0.15, -0.1) is 0 Å². The monoisotopic (exact) mass is 363 g/mol. The second kappa shape index (κ2) is 8.24. The second-order valence-electron chi connectivity index (χ2n) is 7.73. The van der Waals surface area contributed by atoms with Gasteiger partial charge in [-0.1, -0.05) is 60.7 Å². The first-order valence-electron chi connectivity index (χ1n) is 10.1. The second-order valence-corrected chi connectivity index (χ2v) is 7.73. The SMILES string of the molecule is CC(=O)N1CCCN2C(C(c3ccccc3)c3ccccc3)CNC[C@@H]2C1. The highest BCUT2D eigenvalue weighted by molar-refractivity contribution is 5.73. The zero-order valence-electron chi connectivity index (χ0n) is 16.1. The third kappa shape index (κ3) is 3.92. The molecule has 2 atom stereocenters. The molecule has 2 aliphatic rings. The van der Waals surface area contributed by atoms with Crippen molar-refractivity contribution in [2.45, 2.75) is 31.3 Å². The quantitative estimate of drug-likeness (QED) is 0.911. The molecule has 2 aliphatic heterocycles. The van der Waals surface area contributed by atoms with Gasteiger partial charge < -0.3 is 10.2 Å². The molecule has 1 amide bonds. The third-order valence-electron chi connectivity index (χ3n) is 6.05. The van der Waals surface area contributed by atoms with Crippen molar-refractivity contribution in [1.29, 1.82) is 0 Å². The van der Waals surface area contributed by atoms with E-state index in [9.17, 15) is 4.79 Å². The van der Waals surface area contributed by atoms with Gasteiger partial charge in [-0.3, -0.25) is 9.69 Å². The Morgan fingerprint density at radius 2 is 1.59 bits per heavy atom. The van der Waals surface area contributed by atoms with Crippen LogP contribution in [0.2, 0.25) is 0 Å². The van der Waals surface area contributed by atoms with Crippen molar-refractivity contribution in [1.82, 2.24) is 15.1 Å². The molecule has 0 saturated carbocycles. The van der Waals surface area contributed by atoms with Crippen LogP contribution in [-0.4, -0.2) is 60.5 Å². The lowest BCUT2D eigenvalue weighted by Crippen LogP contribution is -2.61. The smallest absolute Gasteiger partial charge is 0.219 e. The lowest BCUT2D eigenvalue weighted by atomic mass is 9.82. The Hall–Kier alpha value is -2.17. The lowest BCUT2D eigenvalue weighted by Gasteiger charge is -2.45. The summed E-state index contributed by atoms with van der Waals surface area (Å²) in [7, 11) is 0. The first kappa shape index (κ1) is 18.2. The van der Waals surface area contributed by atoms with E-state index in [-0.39, 0.29) is 5.91 Å². The van der Waals surface area contributed by atoms with Gasteiger partial charge in [0.15, 0.2) is 0 Å². The number of nitrogens with one attached hydrogen (secondary N) is 1. The predicted molar refractivity (Wildman–Crippen MR) is 109 cm³/mol. The Bertz CT molecular complexity index is 709. The maximum absolute atomic E-state index is 12.0. The van der Waals surface area contributed by atoms with Gasteiger partial charge in [0.1, 0.15) is 0 Å². The maximum atomic E-state index is 12.0. The summed E-state index contributed by atoms with van der Waals surface area (Å²) in [5.41, 5.74) is 2.73. The summed E-state index contributed by atoms with van der Waals surface area (Å²) in [6.45, 7) is 6.38. The third-order valence-corrected chi connectivity index (χ3v) is 6.05. The Labute approximate surface area is 162 Å². The van der Waals surface area contributed by atoms with E-state index in [1.54, 1.807) is 6.92 Å². The molecule has 2 fully saturated rings. The number of hydrogen-bond acceptors (Lipinski definition) is 3. The number of rotatable bonds is 3. The number of piperazine rings is 1. The molecule has 2 aromatic rings.